The van der Waals surface area contributed by atoms with Gasteiger partial charge >= 0.3 is 0 Å². The largest absolute Gasteiger partial charge is 0.348 e. The van der Waals surface area contributed by atoms with Gasteiger partial charge < -0.3 is 5.32 Å². The summed E-state index contributed by atoms with van der Waals surface area (Å²) in [5.41, 5.74) is 0.220. The third-order valence-electron chi connectivity index (χ3n) is 5.21. The highest BCUT2D eigenvalue weighted by Crippen LogP contribution is 2.21. The molecule has 180 valence electrons. The van der Waals surface area contributed by atoms with Crippen molar-refractivity contribution in [2.45, 2.75) is 55.5 Å². The lowest BCUT2D eigenvalue weighted by molar-refractivity contribution is 0.0946. The van der Waals surface area contributed by atoms with Gasteiger partial charge in [0, 0.05) is 25.7 Å². The van der Waals surface area contributed by atoms with Crippen molar-refractivity contribution in [3.05, 3.63) is 59.4 Å². The molecule has 0 aliphatic carbocycles. The van der Waals surface area contributed by atoms with Crippen LogP contribution < -0.4 is 10.0 Å². The van der Waals surface area contributed by atoms with Gasteiger partial charge in [-0.25, -0.2) is 25.9 Å². The Kier molecular flexibility index (Phi) is 7.88. The lowest BCUT2D eigenvalue weighted by Crippen LogP contribution is -2.35. The van der Waals surface area contributed by atoms with E-state index < -0.39 is 37.3 Å². The Hall–Kier alpha value is -2.34. The second kappa shape index (κ2) is 10.3. The second-order valence-corrected chi connectivity index (χ2v) is 11.9. The van der Waals surface area contributed by atoms with Gasteiger partial charge in [-0.15, -0.1) is 0 Å². The van der Waals surface area contributed by atoms with Gasteiger partial charge in [-0.2, -0.15) is 4.31 Å². The fourth-order valence-corrected chi connectivity index (χ4v) is 6.33. The van der Waals surface area contributed by atoms with Gasteiger partial charge in [0.1, 0.15) is 5.82 Å². The van der Waals surface area contributed by atoms with Crippen LogP contribution in [0.5, 0.6) is 0 Å². The average Bonchev–Trinajstić information content (AvgIpc) is 2.77. The Bertz CT molecular complexity index is 1210. The van der Waals surface area contributed by atoms with E-state index in [0.29, 0.717) is 18.7 Å². The van der Waals surface area contributed by atoms with Crippen LogP contribution in [0.1, 0.15) is 49.0 Å². The van der Waals surface area contributed by atoms with E-state index >= 15 is 0 Å². The van der Waals surface area contributed by atoms with Crippen LogP contribution in [0.4, 0.5) is 4.39 Å². The summed E-state index contributed by atoms with van der Waals surface area (Å²) in [7, 11) is -7.44. The first-order valence-electron chi connectivity index (χ1n) is 10.7. The van der Waals surface area contributed by atoms with Crippen molar-refractivity contribution in [1.82, 2.24) is 14.3 Å². The molecule has 0 unspecified atom stereocenters. The quantitative estimate of drug-likeness (QED) is 0.582. The van der Waals surface area contributed by atoms with Gasteiger partial charge in [-0.1, -0.05) is 18.6 Å². The lowest BCUT2D eigenvalue weighted by atomic mass is 10.2. The Morgan fingerprint density at radius 3 is 2.18 bits per heavy atom. The number of halogens is 1. The van der Waals surface area contributed by atoms with Gasteiger partial charge in [-0.3, -0.25) is 4.79 Å². The molecular formula is C22H28FN3O5S2. The van der Waals surface area contributed by atoms with Crippen molar-refractivity contribution in [3.8, 4) is 0 Å². The highest BCUT2D eigenvalue weighted by atomic mass is 32.2. The predicted octanol–water partition coefficient (Wildman–Crippen LogP) is 2.62. The van der Waals surface area contributed by atoms with Crippen molar-refractivity contribution in [3.63, 3.8) is 0 Å². The van der Waals surface area contributed by atoms with E-state index in [1.54, 1.807) is 26.0 Å². The highest BCUT2D eigenvalue weighted by Gasteiger charge is 2.26. The summed E-state index contributed by atoms with van der Waals surface area (Å²) in [6.07, 6.45) is 2.71. The number of amides is 1. The molecule has 11 heteroatoms. The van der Waals surface area contributed by atoms with E-state index in [-0.39, 0.29) is 22.4 Å². The number of benzene rings is 2. The molecule has 1 saturated heterocycles. The predicted molar refractivity (Wildman–Crippen MR) is 122 cm³/mol. The number of rotatable bonds is 8. The van der Waals surface area contributed by atoms with Crippen LogP contribution in [0.15, 0.2) is 52.3 Å². The molecule has 1 amide bonds. The molecule has 0 aromatic heterocycles. The zero-order valence-electron chi connectivity index (χ0n) is 18.5. The summed E-state index contributed by atoms with van der Waals surface area (Å²) in [6.45, 7) is 4.33. The van der Waals surface area contributed by atoms with Crippen molar-refractivity contribution in [2.75, 3.05) is 13.1 Å². The van der Waals surface area contributed by atoms with E-state index in [0.717, 1.165) is 37.5 Å². The molecule has 0 atom stereocenters. The minimum absolute atomic E-state index is 0.0174. The third kappa shape index (κ3) is 6.17. The molecule has 3 rings (SSSR count). The van der Waals surface area contributed by atoms with Crippen molar-refractivity contribution < 1.29 is 26.0 Å². The summed E-state index contributed by atoms with van der Waals surface area (Å²) in [5.74, 6) is -1.63. The first-order chi connectivity index (χ1) is 15.5. The first-order valence-corrected chi connectivity index (χ1v) is 13.6. The summed E-state index contributed by atoms with van der Waals surface area (Å²) in [4.78, 5) is 12.5. The molecule has 1 heterocycles. The normalized spacial score (nSPS) is 15.5. The Morgan fingerprint density at radius 2 is 1.58 bits per heavy atom. The number of hydrogen-bond donors (Lipinski definition) is 2. The van der Waals surface area contributed by atoms with Gasteiger partial charge in [-0.05, 0) is 62.6 Å². The van der Waals surface area contributed by atoms with Crippen LogP contribution in [-0.4, -0.2) is 46.2 Å². The number of nitrogens with one attached hydrogen (secondary N) is 2. The zero-order chi connectivity index (χ0) is 24.2. The first kappa shape index (κ1) is 25.3. The second-order valence-electron chi connectivity index (χ2n) is 8.21. The van der Waals surface area contributed by atoms with Crippen LogP contribution in [0.3, 0.4) is 0 Å². The summed E-state index contributed by atoms with van der Waals surface area (Å²) < 4.78 is 68.2. The Morgan fingerprint density at radius 1 is 0.970 bits per heavy atom. The summed E-state index contributed by atoms with van der Waals surface area (Å²) >= 11 is 0. The molecule has 8 nitrogen and oxygen atoms in total. The topological polar surface area (TPSA) is 113 Å². The fourth-order valence-electron chi connectivity index (χ4n) is 3.54. The molecule has 33 heavy (non-hydrogen) atoms. The number of carbonyl (C=O) groups excluding carboxylic acids is 1. The molecule has 1 aliphatic heterocycles. The number of piperidine rings is 1. The van der Waals surface area contributed by atoms with Crippen LogP contribution in [0, 0.1) is 5.82 Å². The standard InChI is InChI=1S/C22H28FN3O5S2/c1-16(2)25-32(28,29)19-10-11-21(23)20(14-19)22(27)24-15-17-6-8-18(9-7-17)33(30,31)26-12-4-3-5-13-26/h6-11,14,16,25H,3-5,12-13,15H2,1-2H3,(H,24,27). The van der Waals surface area contributed by atoms with Gasteiger partial charge in [0.2, 0.25) is 20.0 Å². The lowest BCUT2D eigenvalue weighted by Gasteiger charge is -2.25. The van der Waals surface area contributed by atoms with Gasteiger partial charge in [0.25, 0.3) is 5.91 Å². The van der Waals surface area contributed by atoms with Crippen molar-refractivity contribution >= 4 is 26.0 Å². The highest BCUT2D eigenvalue weighted by molar-refractivity contribution is 7.89. The minimum Gasteiger partial charge on any atom is -0.348 e. The molecule has 2 aromatic carbocycles. The van der Waals surface area contributed by atoms with E-state index in [1.807, 2.05) is 0 Å². The van der Waals surface area contributed by atoms with Gasteiger partial charge in [0.05, 0.1) is 15.4 Å². The van der Waals surface area contributed by atoms with E-state index in [4.69, 9.17) is 0 Å². The Labute approximate surface area is 194 Å². The summed E-state index contributed by atoms with van der Waals surface area (Å²) in [5, 5.41) is 2.54. The van der Waals surface area contributed by atoms with Crippen molar-refractivity contribution in [2.24, 2.45) is 0 Å². The van der Waals surface area contributed by atoms with Crippen molar-refractivity contribution in [1.29, 1.82) is 0 Å². The maximum absolute atomic E-state index is 14.2. The maximum atomic E-state index is 14.2. The van der Waals surface area contributed by atoms with E-state index in [2.05, 4.69) is 10.0 Å². The van der Waals surface area contributed by atoms with Crippen LogP contribution >= 0.6 is 0 Å². The molecular weight excluding hydrogens is 469 g/mol. The molecule has 1 fully saturated rings. The average molecular weight is 498 g/mol. The summed E-state index contributed by atoms with van der Waals surface area (Å²) in [6, 6.07) is 8.79. The SMILES string of the molecule is CC(C)NS(=O)(=O)c1ccc(F)c(C(=O)NCc2ccc(S(=O)(=O)N3CCCCC3)cc2)c1. The van der Waals surface area contributed by atoms with E-state index in [9.17, 15) is 26.0 Å². The molecule has 0 saturated carbocycles. The third-order valence-corrected chi connectivity index (χ3v) is 8.78. The number of hydrogen-bond acceptors (Lipinski definition) is 5. The van der Waals surface area contributed by atoms with Crippen LogP contribution in [0.25, 0.3) is 0 Å². The zero-order valence-corrected chi connectivity index (χ0v) is 20.2. The Balaban J connectivity index is 1.69. The van der Waals surface area contributed by atoms with Crippen LogP contribution in [-0.2, 0) is 26.6 Å². The fraction of sp³-hybridized carbons (Fsp3) is 0.409. The molecule has 0 spiro atoms. The number of nitrogens with zero attached hydrogens (tertiary/aromatic N) is 1. The van der Waals surface area contributed by atoms with Crippen LogP contribution in [0.2, 0.25) is 0 Å². The molecule has 2 N–H and O–H groups in total. The molecule has 0 bridgehead atoms. The molecule has 2 aromatic rings. The van der Waals surface area contributed by atoms with E-state index in [1.165, 1.54) is 16.4 Å². The molecule has 1 aliphatic rings. The maximum Gasteiger partial charge on any atom is 0.254 e. The van der Waals surface area contributed by atoms with Gasteiger partial charge in [0.15, 0.2) is 0 Å². The number of sulfonamides is 2. The smallest absolute Gasteiger partial charge is 0.254 e. The minimum atomic E-state index is -3.89. The molecule has 0 radical (unpaired) electrons. The number of carbonyl (C=O) groups is 1. The monoisotopic (exact) mass is 497 g/mol.